The molecular weight excluding hydrogens is 179 g/mol. The first kappa shape index (κ1) is 8.66. The van der Waals surface area contributed by atoms with Gasteiger partial charge in [-0.3, -0.25) is 0 Å². The summed E-state index contributed by atoms with van der Waals surface area (Å²) >= 11 is 0. The number of allylic oxidation sites excluding steroid dienone is 6. The standard InChI is InChI=1S/C14H11B/c1-3-7-13-11(5-1)9-10-12-6-2-4-8-14(12)15-13/h1-5,7-10H,6H2. The van der Waals surface area contributed by atoms with Crippen LogP contribution in [0.4, 0.5) is 0 Å². The summed E-state index contributed by atoms with van der Waals surface area (Å²) in [7, 11) is 0. The molecule has 0 unspecified atom stereocenters. The quantitative estimate of drug-likeness (QED) is 0.550. The molecule has 0 saturated heterocycles. The van der Waals surface area contributed by atoms with Crippen LogP contribution in [0.15, 0.2) is 59.6 Å². The molecular formula is C14H11B. The van der Waals surface area contributed by atoms with Gasteiger partial charge in [0.1, 0.15) is 0 Å². The molecule has 1 aromatic rings. The van der Waals surface area contributed by atoms with E-state index in [9.17, 15) is 0 Å². The van der Waals surface area contributed by atoms with Crippen LogP contribution in [-0.2, 0) is 0 Å². The van der Waals surface area contributed by atoms with Crippen molar-refractivity contribution in [1.29, 1.82) is 0 Å². The summed E-state index contributed by atoms with van der Waals surface area (Å²) in [5.41, 5.74) is 2.76. The molecule has 0 spiro atoms. The topological polar surface area (TPSA) is 0 Å². The first-order valence-corrected chi connectivity index (χ1v) is 5.28. The van der Waals surface area contributed by atoms with Crippen molar-refractivity contribution in [2.24, 2.45) is 0 Å². The van der Waals surface area contributed by atoms with E-state index in [0.29, 0.717) is 0 Å². The second kappa shape index (κ2) is 3.50. The third kappa shape index (κ3) is 1.54. The molecule has 0 nitrogen and oxygen atoms in total. The summed E-state index contributed by atoms with van der Waals surface area (Å²) in [5.74, 6) is 0. The van der Waals surface area contributed by atoms with Crippen LogP contribution in [0.3, 0.4) is 0 Å². The molecule has 1 heteroatoms. The van der Waals surface area contributed by atoms with Gasteiger partial charge in [-0.2, -0.15) is 0 Å². The predicted octanol–water partition coefficient (Wildman–Crippen LogP) is 2.21. The fourth-order valence-corrected chi connectivity index (χ4v) is 2.05. The van der Waals surface area contributed by atoms with Gasteiger partial charge < -0.3 is 0 Å². The summed E-state index contributed by atoms with van der Waals surface area (Å²) in [5, 5.41) is 2.62. The minimum atomic E-state index is 1.05. The molecule has 0 aromatic heterocycles. The number of hydrogen-bond donors (Lipinski definition) is 0. The van der Waals surface area contributed by atoms with Crippen LogP contribution in [0.5, 0.6) is 0 Å². The molecule has 1 aromatic carbocycles. The Labute approximate surface area is 89.9 Å². The first-order valence-electron chi connectivity index (χ1n) is 5.28. The van der Waals surface area contributed by atoms with E-state index in [1.165, 1.54) is 21.4 Å². The molecule has 1 aliphatic heterocycles. The van der Waals surface area contributed by atoms with E-state index >= 15 is 0 Å². The van der Waals surface area contributed by atoms with Crippen molar-refractivity contribution in [3.63, 3.8) is 0 Å². The van der Waals surface area contributed by atoms with Gasteiger partial charge >= 0.3 is 89.4 Å². The average Bonchev–Trinajstić information content (AvgIpc) is 2.48. The van der Waals surface area contributed by atoms with Crippen molar-refractivity contribution in [1.82, 2.24) is 0 Å². The molecule has 0 fully saturated rings. The van der Waals surface area contributed by atoms with Crippen molar-refractivity contribution < 1.29 is 0 Å². The third-order valence-electron chi connectivity index (χ3n) is 2.89. The number of rotatable bonds is 0. The summed E-state index contributed by atoms with van der Waals surface area (Å²) in [6.45, 7) is 2.27. The Hall–Kier alpha value is -1.63. The van der Waals surface area contributed by atoms with E-state index in [1.807, 2.05) is 0 Å². The molecule has 0 N–H and O–H groups in total. The Morgan fingerprint density at radius 1 is 1.00 bits per heavy atom. The number of fused-ring (bicyclic) bond motifs is 2. The molecule has 0 atom stereocenters. The zero-order chi connectivity index (χ0) is 10.1. The van der Waals surface area contributed by atoms with Crippen molar-refractivity contribution in [2.45, 2.75) is 6.42 Å². The van der Waals surface area contributed by atoms with Crippen LogP contribution in [0.25, 0.3) is 6.08 Å². The van der Waals surface area contributed by atoms with Crippen molar-refractivity contribution in [3.05, 3.63) is 69.9 Å². The van der Waals surface area contributed by atoms with Gasteiger partial charge in [0.15, 0.2) is 0 Å². The zero-order valence-corrected chi connectivity index (χ0v) is 8.48. The van der Waals surface area contributed by atoms with Gasteiger partial charge in [0.2, 0.25) is 0 Å². The van der Waals surface area contributed by atoms with Crippen LogP contribution < -0.4 is 5.22 Å². The van der Waals surface area contributed by atoms with E-state index in [2.05, 4.69) is 61.6 Å². The maximum absolute atomic E-state index is 2.27. The Balaban J connectivity index is 2.32. The van der Waals surface area contributed by atoms with Crippen LogP contribution in [0.1, 0.15) is 6.42 Å². The summed E-state index contributed by atoms with van der Waals surface area (Å²) in [6, 6.07) is 8.51. The van der Waals surface area contributed by atoms with Gasteiger partial charge in [0.05, 0.1) is 0 Å². The molecule has 15 heavy (non-hydrogen) atoms. The van der Waals surface area contributed by atoms with Crippen LogP contribution in [0, 0.1) is 5.11 Å². The van der Waals surface area contributed by atoms with Gasteiger partial charge in [0, 0.05) is 0 Å². The van der Waals surface area contributed by atoms with Gasteiger partial charge in [-0.1, -0.05) is 0 Å². The third-order valence-corrected chi connectivity index (χ3v) is 2.89. The fraction of sp³-hybridized carbons (Fsp3) is 0.0714. The molecule has 1 heterocycles. The Morgan fingerprint density at radius 3 is 2.93 bits per heavy atom. The summed E-state index contributed by atoms with van der Waals surface area (Å²) in [4.78, 5) is 0. The summed E-state index contributed by atoms with van der Waals surface area (Å²) in [6.07, 6.45) is 12.0. The molecule has 0 amide bonds. The molecule has 2 aliphatic rings. The normalized spacial score (nSPS) is 16.8. The van der Waals surface area contributed by atoms with Crippen molar-refractivity contribution in [2.75, 3.05) is 0 Å². The van der Waals surface area contributed by atoms with Crippen molar-refractivity contribution in [3.8, 4) is 0 Å². The molecule has 0 radical (unpaired) electrons. The molecule has 3 rings (SSSR count). The van der Waals surface area contributed by atoms with Gasteiger partial charge in [-0.25, -0.2) is 0 Å². The van der Waals surface area contributed by atoms with E-state index < -0.39 is 0 Å². The summed E-state index contributed by atoms with van der Waals surface area (Å²) < 4.78 is 0. The monoisotopic (exact) mass is 190 g/mol. The molecule has 70 valence electrons. The Bertz CT molecular complexity index is 600. The molecule has 1 aliphatic carbocycles. The van der Waals surface area contributed by atoms with Crippen LogP contribution >= 0.6 is 0 Å². The van der Waals surface area contributed by atoms with E-state index in [4.69, 9.17) is 0 Å². The average molecular weight is 190 g/mol. The zero-order valence-electron chi connectivity index (χ0n) is 8.48. The number of hydrogen-bond acceptors (Lipinski definition) is 0. The second-order valence-corrected chi connectivity index (χ2v) is 3.89. The molecule has 0 saturated carbocycles. The van der Waals surface area contributed by atoms with Crippen molar-refractivity contribution >= 4 is 13.0 Å². The first-order chi connectivity index (χ1) is 7.43. The molecule has 0 bridgehead atoms. The fourth-order valence-electron chi connectivity index (χ4n) is 2.05. The predicted molar refractivity (Wildman–Crippen MR) is 65.0 cm³/mol. The second-order valence-electron chi connectivity index (χ2n) is 3.89. The Morgan fingerprint density at radius 2 is 1.93 bits per heavy atom. The van der Waals surface area contributed by atoms with E-state index in [-0.39, 0.29) is 0 Å². The maximum atomic E-state index is 2.27. The number of benzene rings is 1. The van der Waals surface area contributed by atoms with Gasteiger partial charge in [-0.15, -0.1) is 0 Å². The Kier molecular flexibility index (Phi) is 2.02. The minimum absolute atomic E-state index is 1.05. The van der Waals surface area contributed by atoms with E-state index in [1.54, 1.807) is 0 Å². The van der Waals surface area contributed by atoms with Crippen LogP contribution in [0.2, 0.25) is 0 Å². The van der Waals surface area contributed by atoms with Gasteiger partial charge in [-0.05, 0) is 0 Å². The SMILES string of the molecule is B1=c2ccccc2=CC=C2CC=CC=C12. The van der Waals surface area contributed by atoms with Gasteiger partial charge in [0.25, 0.3) is 0 Å². The van der Waals surface area contributed by atoms with Crippen LogP contribution in [-0.4, -0.2) is 6.92 Å². The van der Waals surface area contributed by atoms with E-state index in [0.717, 1.165) is 6.42 Å².